The van der Waals surface area contributed by atoms with Crippen LogP contribution in [0.5, 0.6) is 0 Å². The van der Waals surface area contributed by atoms with Crippen molar-refractivity contribution in [3.8, 4) is 0 Å². The van der Waals surface area contributed by atoms with Gasteiger partial charge in [0.1, 0.15) is 0 Å². The van der Waals surface area contributed by atoms with Crippen molar-refractivity contribution >= 4 is 11.8 Å². The van der Waals surface area contributed by atoms with Crippen LogP contribution >= 0.6 is 11.8 Å². The molecule has 2 saturated heterocycles. The van der Waals surface area contributed by atoms with Crippen LogP contribution in [0.25, 0.3) is 0 Å². The van der Waals surface area contributed by atoms with Gasteiger partial charge in [0.25, 0.3) is 0 Å². The van der Waals surface area contributed by atoms with Gasteiger partial charge in [0, 0.05) is 13.1 Å². The molecule has 2 aliphatic heterocycles. The van der Waals surface area contributed by atoms with E-state index < -0.39 is 0 Å². The Balaban J connectivity index is 1.67. The normalized spacial score (nSPS) is 26.1. The van der Waals surface area contributed by atoms with Crippen LogP contribution in [-0.4, -0.2) is 31.2 Å². The van der Waals surface area contributed by atoms with Gasteiger partial charge >= 0.3 is 0 Å². The number of hydrogen-bond donors (Lipinski definition) is 1. The third-order valence-corrected chi connectivity index (χ3v) is 4.98. The predicted octanol–water partition coefficient (Wildman–Crippen LogP) is 2.96. The first-order valence-electron chi connectivity index (χ1n) is 6.93. The second-order valence-corrected chi connectivity index (χ2v) is 6.34. The van der Waals surface area contributed by atoms with Gasteiger partial charge in [-0.25, -0.2) is 0 Å². The molecule has 0 aliphatic carbocycles. The van der Waals surface area contributed by atoms with E-state index in [0.29, 0.717) is 0 Å². The molecule has 1 aromatic carbocycles. The molecule has 1 atom stereocenters. The van der Waals surface area contributed by atoms with Crippen molar-refractivity contribution in [2.45, 2.75) is 24.9 Å². The van der Waals surface area contributed by atoms with Gasteiger partial charge in [0.05, 0.1) is 12.7 Å². The summed E-state index contributed by atoms with van der Waals surface area (Å²) >= 11 is 2.09. The number of ether oxygens (including phenoxy) is 1. The van der Waals surface area contributed by atoms with E-state index >= 15 is 0 Å². The topological polar surface area (TPSA) is 21.3 Å². The van der Waals surface area contributed by atoms with Crippen molar-refractivity contribution in [1.29, 1.82) is 0 Å². The molecule has 3 rings (SSSR count). The second-order valence-electron chi connectivity index (χ2n) is 5.12. The summed E-state index contributed by atoms with van der Waals surface area (Å²) in [6, 6.07) is 9.14. The SMILES string of the molecule is c1cc(C2CNCCO2)ccc1C1CCSCC1. The number of nitrogens with one attached hydrogen (secondary N) is 1. The van der Waals surface area contributed by atoms with Gasteiger partial charge < -0.3 is 10.1 Å². The van der Waals surface area contributed by atoms with E-state index in [2.05, 4.69) is 41.3 Å². The van der Waals surface area contributed by atoms with Gasteiger partial charge in [-0.05, 0) is 41.4 Å². The molecule has 0 radical (unpaired) electrons. The Labute approximate surface area is 113 Å². The van der Waals surface area contributed by atoms with E-state index in [9.17, 15) is 0 Å². The Hall–Kier alpha value is -0.510. The summed E-state index contributed by atoms with van der Waals surface area (Å²) in [4.78, 5) is 0. The minimum Gasteiger partial charge on any atom is -0.371 e. The fourth-order valence-electron chi connectivity index (χ4n) is 2.79. The number of morpholine rings is 1. The third-order valence-electron chi connectivity index (χ3n) is 3.93. The van der Waals surface area contributed by atoms with Crippen molar-refractivity contribution < 1.29 is 4.74 Å². The maximum Gasteiger partial charge on any atom is 0.0949 e. The molecule has 0 saturated carbocycles. The van der Waals surface area contributed by atoms with E-state index in [-0.39, 0.29) is 6.10 Å². The molecule has 2 heterocycles. The van der Waals surface area contributed by atoms with Crippen LogP contribution in [0.1, 0.15) is 36.0 Å². The number of hydrogen-bond acceptors (Lipinski definition) is 3. The summed E-state index contributed by atoms with van der Waals surface area (Å²) in [5.74, 6) is 3.43. The lowest BCUT2D eigenvalue weighted by atomic mass is 9.92. The van der Waals surface area contributed by atoms with Crippen molar-refractivity contribution in [1.82, 2.24) is 5.32 Å². The summed E-state index contributed by atoms with van der Waals surface area (Å²) in [6.07, 6.45) is 2.92. The van der Waals surface area contributed by atoms with Crippen LogP contribution in [0, 0.1) is 0 Å². The standard InChI is InChI=1S/C15H21NOS/c1-3-14(15-11-16-7-8-17-15)4-2-12(1)13-5-9-18-10-6-13/h1-4,13,15-16H,5-11H2. The van der Waals surface area contributed by atoms with Crippen molar-refractivity contribution in [3.63, 3.8) is 0 Å². The Kier molecular flexibility index (Phi) is 4.24. The highest BCUT2D eigenvalue weighted by molar-refractivity contribution is 7.99. The highest BCUT2D eigenvalue weighted by atomic mass is 32.2. The summed E-state index contributed by atoms with van der Waals surface area (Å²) in [6.45, 7) is 2.75. The molecule has 0 aromatic heterocycles. The summed E-state index contributed by atoms with van der Waals surface area (Å²) in [5.41, 5.74) is 2.83. The molecule has 0 spiro atoms. The fraction of sp³-hybridized carbons (Fsp3) is 0.600. The molecule has 1 N–H and O–H groups in total. The lowest BCUT2D eigenvalue weighted by molar-refractivity contribution is 0.0277. The van der Waals surface area contributed by atoms with Crippen LogP contribution in [0.2, 0.25) is 0 Å². The molecule has 18 heavy (non-hydrogen) atoms. The average Bonchev–Trinajstić information content (AvgIpc) is 2.49. The minimum absolute atomic E-state index is 0.245. The quantitative estimate of drug-likeness (QED) is 0.886. The van der Waals surface area contributed by atoms with E-state index in [1.807, 2.05) is 0 Å². The lowest BCUT2D eigenvalue weighted by Crippen LogP contribution is -2.33. The Bertz CT molecular complexity index is 330. The summed E-state index contributed by atoms with van der Waals surface area (Å²) in [5, 5.41) is 3.38. The Morgan fingerprint density at radius 1 is 1.06 bits per heavy atom. The van der Waals surface area contributed by atoms with Crippen LogP contribution < -0.4 is 5.32 Å². The largest absolute Gasteiger partial charge is 0.371 e. The number of rotatable bonds is 2. The van der Waals surface area contributed by atoms with Gasteiger partial charge in [-0.1, -0.05) is 24.3 Å². The van der Waals surface area contributed by atoms with E-state index in [0.717, 1.165) is 25.6 Å². The molecule has 98 valence electrons. The lowest BCUT2D eigenvalue weighted by Gasteiger charge is -2.25. The molecule has 0 amide bonds. The smallest absolute Gasteiger partial charge is 0.0949 e. The van der Waals surface area contributed by atoms with E-state index in [1.165, 1.54) is 35.5 Å². The number of thioether (sulfide) groups is 1. The molecule has 2 nitrogen and oxygen atoms in total. The molecule has 2 aliphatic rings. The molecule has 0 bridgehead atoms. The first-order valence-corrected chi connectivity index (χ1v) is 8.09. The highest BCUT2D eigenvalue weighted by Gasteiger charge is 2.18. The average molecular weight is 263 g/mol. The first kappa shape index (κ1) is 12.5. The van der Waals surface area contributed by atoms with Crippen LogP contribution in [0.3, 0.4) is 0 Å². The fourth-order valence-corrected chi connectivity index (χ4v) is 3.90. The van der Waals surface area contributed by atoms with Gasteiger partial charge in [-0.15, -0.1) is 0 Å². The Morgan fingerprint density at radius 2 is 1.78 bits per heavy atom. The predicted molar refractivity (Wildman–Crippen MR) is 77.3 cm³/mol. The maximum atomic E-state index is 5.78. The van der Waals surface area contributed by atoms with Gasteiger partial charge in [-0.3, -0.25) is 0 Å². The molecular weight excluding hydrogens is 242 g/mol. The zero-order chi connectivity index (χ0) is 12.2. The van der Waals surface area contributed by atoms with Crippen LogP contribution in [-0.2, 0) is 4.74 Å². The highest BCUT2D eigenvalue weighted by Crippen LogP contribution is 2.32. The molecule has 3 heteroatoms. The van der Waals surface area contributed by atoms with Crippen molar-refractivity contribution in [2.24, 2.45) is 0 Å². The van der Waals surface area contributed by atoms with Gasteiger partial charge in [0.2, 0.25) is 0 Å². The number of benzene rings is 1. The Morgan fingerprint density at radius 3 is 2.44 bits per heavy atom. The molecule has 1 aromatic rings. The van der Waals surface area contributed by atoms with Crippen molar-refractivity contribution in [3.05, 3.63) is 35.4 Å². The summed E-state index contributed by atoms with van der Waals surface area (Å²) < 4.78 is 5.78. The van der Waals surface area contributed by atoms with Gasteiger partial charge in [0.15, 0.2) is 0 Å². The summed E-state index contributed by atoms with van der Waals surface area (Å²) in [7, 11) is 0. The maximum absolute atomic E-state index is 5.78. The third kappa shape index (κ3) is 2.90. The van der Waals surface area contributed by atoms with Crippen LogP contribution in [0.15, 0.2) is 24.3 Å². The zero-order valence-corrected chi connectivity index (χ0v) is 11.5. The molecular formula is C15H21NOS. The second kappa shape index (κ2) is 6.09. The minimum atomic E-state index is 0.245. The monoisotopic (exact) mass is 263 g/mol. The van der Waals surface area contributed by atoms with Crippen LogP contribution in [0.4, 0.5) is 0 Å². The molecule has 2 fully saturated rings. The van der Waals surface area contributed by atoms with Crippen molar-refractivity contribution in [2.75, 3.05) is 31.2 Å². The zero-order valence-electron chi connectivity index (χ0n) is 10.7. The molecule has 1 unspecified atom stereocenters. The van der Waals surface area contributed by atoms with E-state index in [4.69, 9.17) is 4.74 Å². The first-order chi connectivity index (χ1) is 8.93. The van der Waals surface area contributed by atoms with Gasteiger partial charge in [-0.2, -0.15) is 11.8 Å². The van der Waals surface area contributed by atoms with E-state index in [1.54, 1.807) is 0 Å².